The Hall–Kier alpha value is -1.81. The van der Waals surface area contributed by atoms with E-state index in [1.807, 2.05) is 26.0 Å². The van der Waals surface area contributed by atoms with Gasteiger partial charge in [-0.25, -0.2) is 0 Å². The summed E-state index contributed by atoms with van der Waals surface area (Å²) in [6.07, 6.45) is 0. The molecule has 2 rings (SSSR count). The maximum Gasteiger partial charge on any atom is 0.193 e. The molecule has 20 heavy (non-hydrogen) atoms. The highest BCUT2D eigenvalue weighted by Crippen LogP contribution is 2.27. The first-order valence-electron chi connectivity index (χ1n) is 6.19. The van der Waals surface area contributed by atoms with Crippen molar-refractivity contribution in [3.05, 3.63) is 57.1 Å². The molecule has 0 aliphatic carbocycles. The number of rotatable bonds is 3. The lowest BCUT2D eigenvalue weighted by atomic mass is 9.98. The highest BCUT2D eigenvalue weighted by Gasteiger charge is 2.14. The Kier molecular flexibility index (Phi) is 4.14. The zero-order chi connectivity index (χ0) is 14.9. The largest absolute Gasteiger partial charge is 0.496 e. The summed E-state index contributed by atoms with van der Waals surface area (Å²) in [6, 6.07) is 8.91. The molecule has 0 radical (unpaired) electrons. The number of nitrogens with two attached hydrogens (primary N) is 1. The fourth-order valence-corrected chi connectivity index (χ4v) is 2.50. The standard InChI is InChI=1S/C16H16BrNO2/c1-9-6-12(7-10(2)16(9)20-3)15(19)11-4-5-13(17)14(18)8-11/h4-8H,18H2,1-3H3. The molecular formula is C16H16BrNO2. The Labute approximate surface area is 126 Å². The van der Waals surface area contributed by atoms with Gasteiger partial charge in [0.1, 0.15) is 5.75 Å². The van der Waals surface area contributed by atoms with E-state index < -0.39 is 0 Å². The maximum absolute atomic E-state index is 12.5. The molecule has 0 saturated heterocycles. The van der Waals surface area contributed by atoms with E-state index in [0.717, 1.165) is 21.3 Å². The van der Waals surface area contributed by atoms with Crippen molar-refractivity contribution in [3.8, 4) is 5.75 Å². The number of methoxy groups -OCH3 is 1. The van der Waals surface area contributed by atoms with Gasteiger partial charge in [-0.05, 0) is 71.2 Å². The van der Waals surface area contributed by atoms with Crippen molar-refractivity contribution in [2.24, 2.45) is 0 Å². The number of anilines is 1. The third kappa shape index (κ3) is 2.70. The molecule has 2 aromatic rings. The zero-order valence-corrected chi connectivity index (χ0v) is 13.2. The van der Waals surface area contributed by atoms with Crippen molar-refractivity contribution >= 4 is 27.4 Å². The fraction of sp³-hybridized carbons (Fsp3) is 0.188. The van der Waals surface area contributed by atoms with Crippen molar-refractivity contribution in [1.82, 2.24) is 0 Å². The number of halogens is 1. The monoisotopic (exact) mass is 333 g/mol. The molecule has 0 atom stereocenters. The Bertz CT molecular complexity index is 657. The molecule has 0 aliphatic rings. The van der Waals surface area contributed by atoms with Gasteiger partial charge >= 0.3 is 0 Å². The van der Waals surface area contributed by atoms with E-state index in [9.17, 15) is 4.79 Å². The number of hydrogen-bond donors (Lipinski definition) is 1. The van der Waals surface area contributed by atoms with E-state index in [2.05, 4.69) is 15.9 Å². The Morgan fingerprint density at radius 3 is 2.20 bits per heavy atom. The summed E-state index contributed by atoms with van der Waals surface area (Å²) in [5, 5.41) is 0. The van der Waals surface area contributed by atoms with Crippen LogP contribution >= 0.6 is 15.9 Å². The molecule has 4 heteroatoms. The predicted molar refractivity (Wildman–Crippen MR) is 84.5 cm³/mol. The first kappa shape index (κ1) is 14.6. The lowest BCUT2D eigenvalue weighted by Gasteiger charge is -2.11. The fourth-order valence-electron chi connectivity index (χ4n) is 2.25. The van der Waals surface area contributed by atoms with Crippen LogP contribution in [0.1, 0.15) is 27.0 Å². The summed E-state index contributed by atoms with van der Waals surface area (Å²) in [5.74, 6) is 0.773. The van der Waals surface area contributed by atoms with Crippen LogP contribution in [0.2, 0.25) is 0 Å². The molecule has 0 spiro atoms. The van der Waals surface area contributed by atoms with E-state index >= 15 is 0 Å². The number of aryl methyl sites for hydroxylation is 2. The van der Waals surface area contributed by atoms with Crippen LogP contribution in [0.4, 0.5) is 5.69 Å². The molecule has 0 amide bonds. The van der Waals surface area contributed by atoms with Crippen LogP contribution in [0.15, 0.2) is 34.8 Å². The van der Waals surface area contributed by atoms with Gasteiger partial charge in [0, 0.05) is 21.3 Å². The molecule has 3 nitrogen and oxygen atoms in total. The van der Waals surface area contributed by atoms with Gasteiger partial charge in [-0.15, -0.1) is 0 Å². The van der Waals surface area contributed by atoms with Crippen molar-refractivity contribution in [2.75, 3.05) is 12.8 Å². The summed E-state index contributed by atoms with van der Waals surface area (Å²) >= 11 is 3.32. The quantitative estimate of drug-likeness (QED) is 0.684. The van der Waals surface area contributed by atoms with E-state index in [0.29, 0.717) is 16.8 Å². The minimum atomic E-state index is -0.0435. The van der Waals surface area contributed by atoms with Gasteiger partial charge in [-0.1, -0.05) is 0 Å². The van der Waals surface area contributed by atoms with E-state index in [1.54, 1.807) is 25.3 Å². The summed E-state index contributed by atoms with van der Waals surface area (Å²) in [7, 11) is 1.63. The Balaban J connectivity index is 2.45. The lowest BCUT2D eigenvalue weighted by Crippen LogP contribution is -2.04. The van der Waals surface area contributed by atoms with Crippen LogP contribution in [0.3, 0.4) is 0 Å². The lowest BCUT2D eigenvalue weighted by molar-refractivity contribution is 0.103. The third-order valence-corrected chi connectivity index (χ3v) is 3.91. The van der Waals surface area contributed by atoms with Crippen molar-refractivity contribution < 1.29 is 9.53 Å². The molecule has 0 aromatic heterocycles. The molecule has 0 aliphatic heterocycles. The number of carbonyl (C=O) groups excluding carboxylic acids is 1. The Morgan fingerprint density at radius 1 is 1.10 bits per heavy atom. The van der Waals surface area contributed by atoms with Gasteiger partial charge in [0.15, 0.2) is 5.78 Å². The molecule has 0 bridgehead atoms. The van der Waals surface area contributed by atoms with Crippen LogP contribution in [0.5, 0.6) is 5.75 Å². The topological polar surface area (TPSA) is 52.3 Å². The van der Waals surface area contributed by atoms with Crippen LogP contribution < -0.4 is 10.5 Å². The van der Waals surface area contributed by atoms with Gasteiger partial charge in [0.05, 0.1) is 7.11 Å². The molecule has 2 aromatic carbocycles. The van der Waals surface area contributed by atoms with Crippen molar-refractivity contribution in [2.45, 2.75) is 13.8 Å². The van der Waals surface area contributed by atoms with E-state index in [4.69, 9.17) is 10.5 Å². The molecule has 0 unspecified atom stereocenters. The van der Waals surface area contributed by atoms with Gasteiger partial charge < -0.3 is 10.5 Å². The highest BCUT2D eigenvalue weighted by molar-refractivity contribution is 9.10. The van der Waals surface area contributed by atoms with Gasteiger partial charge in [0.25, 0.3) is 0 Å². The van der Waals surface area contributed by atoms with Crippen LogP contribution in [0, 0.1) is 13.8 Å². The number of nitrogen functional groups attached to an aromatic ring is 1. The third-order valence-electron chi connectivity index (χ3n) is 3.18. The first-order chi connectivity index (χ1) is 9.43. The number of benzene rings is 2. The van der Waals surface area contributed by atoms with Crippen LogP contribution in [-0.4, -0.2) is 12.9 Å². The minimum absolute atomic E-state index is 0.0435. The van der Waals surface area contributed by atoms with E-state index in [-0.39, 0.29) is 5.78 Å². The average molecular weight is 334 g/mol. The molecule has 0 heterocycles. The molecule has 0 fully saturated rings. The average Bonchev–Trinajstić information content (AvgIpc) is 2.40. The SMILES string of the molecule is COc1c(C)cc(C(=O)c2ccc(Br)c(N)c2)cc1C. The number of ketones is 1. The second-order valence-corrected chi connectivity index (χ2v) is 5.56. The van der Waals surface area contributed by atoms with Gasteiger partial charge in [0.2, 0.25) is 0 Å². The van der Waals surface area contributed by atoms with Crippen LogP contribution in [-0.2, 0) is 0 Å². The predicted octanol–water partition coefficient (Wildman–Crippen LogP) is 3.89. The van der Waals surface area contributed by atoms with E-state index in [1.165, 1.54) is 0 Å². The molecule has 104 valence electrons. The second-order valence-electron chi connectivity index (χ2n) is 4.71. The molecule has 0 saturated carbocycles. The van der Waals surface area contributed by atoms with Crippen LogP contribution in [0.25, 0.3) is 0 Å². The first-order valence-corrected chi connectivity index (χ1v) is 6.98. The highest BCUT2D eigenvalue weighted by atomic mass is 79.9. The molecular weight excluding hydrogens is 318 g/mol. The van der Waals surface area contributed by atoms with Crippen molar-refractivity contribution in [1.29, 1.82) is 0 Å². The van der Waals surface area contributed by atoms with Gasteiger partial charge in [-0.3, -0.25) is 4.79 Å². The summed E-state index contributed by atoms with van der Waals surface area (Å²) in [6.45, 7) is 3.86. The number of carbonyl (C=O) groups is 1. The number of ether oxygens (including phenoxy) is 1. The maximum atomic E-state index is 12.5. The summed E-state index contributed by atoms with van der Waals surface area (Å²) < 4.78 is 6.10. The van der Waals surface area contributed by atoms with Gasteiger partial charge in [-0.2, -0.15) is 0 Å². The normalized spacial score (nSPS) is 10.4. The smallest absolute Gasteiger partial charge is 0.193 e. The molecule has 2 N–H and O–H groups in total. The zero-order valence-electron chi connectivity index (χ0n) is 11.7. The Morgan fingerprint density at radius 2 is 1.70 bits per heavy atom. The minimum Gasteiger partial charge on any atom is -0.496 e. The number of hydrogen-bond acceptors (Lipinski definition) is 3. The summed E-state index contributed by atoms with van der Waals surface area (Å²) in [5.41, 5.74) is 9.49. The second kappa shape index (κ2) is 5.67. The summed E-state index contributed by atoms with van der Waals surface area (Å²) in [4.78, 5) is 12.5. The van der Waals surface area contributed by atoms with Crippen molar-refractivity contribution in [3.63, 3.8) is 0 Å².